The van der Waals surface area contributed by atoms with Gasteiger partial charge in [0.1, 0.15) is 48.7 Å². The van der Waals surface area contributed by atoms with E-state index in [-0.39, 0.29) is 90.8 Å². The van der Waals surface area contributed by atoms with E-state index in [4.69, 9.17) is 9.47 Å². The zero-order valence-corrected chi connectivity index (χ0v) is 46.6. The maximum absolute atomic E-state index is 11.8. The van der Waals surface area contributed by atoms with Gasteiger partial charge in [0.25, 0.3) is 0 Å². The Kier molecular flexibility index (Phi) is 20.9. The van der Waals surface area contributed by atoms with Gasteiger partial charge in [-0.2, -0.15) is 4.58 Å². The van der Waals surface area contributed by atoms with E-state index < -0.39 is 106 Å². The first-order valence-corrected chi connectivity index (χ1v) is 26.3. The maximum atomic E-state index is 11.8. The van der Waals surface area contributed by atoms with E-state index in [2.05, 4.69) is 0 Å². The molecule has 1 saturated heterocycles. The second-order valence-electron chi connectivity index (χ2n) is 18.2. The summed E-state index contributed by atoms with van der Waals surface area (Å²) in [5.41, 5.74) is 3.04. The van der Waals surface area contributed by atoms with Gasteiger partial charge in [-0.3, -0.25) is 0 Å². The molecule has 3 heterocycles. The van der Waals surface area contributed by atoms with Crippen LogP contribution in [0.1, 0.15) is 61.3 Å². The number of hydrogen-bond acceptors (Lipinski definition) is 17. The van der Waals surface area contributed by atoms with Crippen LogP contribution in [0.5, 0.6) is 0 Å². The van der Waals surface area contributed by atoms with Crippen molar-refractivity contribution in [2.24, 2.45) is 0 Å². The smallest absolute Gasteiger partial charge is 0.748 e. The number of fused-ring (bicyclic) bond motifs is 4. The summed E-state index contributed by atoms with van der Waals surface area (Å²) >= 11 is 0. The van der Waals surface area contributed by atoms with E-state index >= 15 is 0 Å². The minimum absolute atomic E-state index is 0. The molecular formula is C50H61N2Na2O16S2+. The van der Waals surface area contributed by atoms with Gasteiger partial charge in [-0.1, -0.05) is 48.6 Å². The van der Waals surface area contributed by atoms with Crippen LogP contribution in [-0.4, -0.2) is 165 Å². The Hall–Kier alpha value is -2.65. The Labute approximate surface area is 464 Å². The number of aliphatic hydroxyl groups is 8. The largest absolute Gasteiger partial charge is 1.00 e. The molecule has 22 heteroatoms. The zero-order chi connectivity index (χ0) is 50.8. The van der Waals surface area contributed by atoms with Crippen molar-refractivity contribution in [3.8, 4) is 0 Å². The van der Waals surface area contributed by atoms with E-state index in [1.165, 1.54) is 0 Å². The van der Waals surface area contributed by atoms with E-state index in [0.717, 1.165) is 21.9 Å². The van der Waals surface area contributed by atoms with Crippen LogP contribution in [0.2, 0.25) is 0 Å². The summed E-state index contributed by atoms with van der Waals surface area (Å²) in [5.74, 6) is -1.08. The molecule has 1 aliphatic carbocycles. The molecule has 8 N–H and O–H groups in total. The van der Waals surface area contributed by atoms with Gasteiger partial charge in [-0.15, -0.1) is 0 Å². The van der Waals surface area contributed by atoms with Gasteiger partial charge in [0.2, 0.25) is 5.69 Å². The Morgan fingerprint density at radius 1 is 0.792 bits per heavy atom. The first-order chi connectivity index (χ1) is 33.3. The first-order valence-electron chi connectivity index (χ1n) is 23.1. The van der Waals surface area contributed by atoms with E-state index in [1.54, 1.807) is 33.8 Å². The number of ether oxygens (including phenoxy) is 2. The zero-order valence-electron chi connectivity index (χ0n) is 40.9. The second kappa shape index (κ2) is 25.0. The molecule has 5 atom stereocenters. The van der Waals surface area contributed by atoms with Crippen molar-refractivity contribution >= 4 is 54.2 Å². The van der Waals surface area contributed by atoms with Crippen LogP contribution in [0, 0.1) is 6.92 Å². The topological polar surface area (TPSA) is 301 Å². The predicted molar refractivity (Wildman–Crippen MR) is 258 cm³/mol. The number of allylic oxidation sites excluding steroid dienone is 7. The molecule has 3 aliphatic heterocycles. The van der Waals surface area contributed by atoms with Crippen molar-refractivity contribution < 1.29 is 140 Å². The summed E-state index contributed by atoms with van der Waals surface area (Å²) < 4.78 is 84.4. The fraction of sp³-hybridized carbons (Fsp3) is 0.460. The summed E-state index contributed by atoms with van der Waals surface area (Å²) in [6.45, 7) is 1.05. The molecule has 0 radical (unpaired) electrons. The van der Waals surface area contributed by atoms with Crippen LogP contribution < -0.4 is 64.0 Å². The van der Waals surface area contributed by atoms with Gasteiger partial charge in [-0.05, 0) is 96.9 Å². The fourth-order valence-corrected chi connectivity index (χ4v) is 11.4. The van der Waals surface area contributed by atoms with Crippen LogP contribution in [0.4, 0.5) is 11.4 Å². The monoisotopic (exact) mass is 1060 g/mol. The fourth-order valence-electron chi connectivity index (χ4n) is 10.4. The van der Waals surface area contributed by atoms with Gasteiger partial charge in [0, 0.05) is 59.1 Å². The predicted octanol–water partition coefficient (Wildman–Crippen LogP) is -4.26. The number of aliphatic hydroxyl groups excluding tert-OH is 8. The third kappa shape index (κ3) is 12.1. The maximum Gasteiger partial charge on any atom is 1.00 e. The van der Waals surface area contributed by atoms with Crippen LogP contribution in [0.15, 0.2) is 102 Å². The van der Waals surface area contributed by atoms with Crippen molar-refractivity contribution in [3.63, 3.8) is 0 Å². The molecule has 1 fully saturated rings. The first kappa shape index (κ1) is 60.2. The van der Waals surface area contributed by atoms with Gasteiger partial charge in [0.05, 0.1) is 52.1 Å². The SMILES string of the molecule is C/C=C\c1ccc2c(c1C)C(CO)(CO)C(/C=C/C1=C(OCC3OC(O)C(O)C(O)C3O)C(=C/C=C3/N(CCCS(=O)(=O)[O-])c4ccc5ccccc5c4C3(CO)CO)/CCC1)=[N+]2CCCS(=O)(=O)[O-].[Na+].[Na+]. The van der Waals surface area contributed by atoms with Gasteiger partial charge < -0.3 is 64.3 Å². The molecule has 0 aromatic heterocycles. The number of rotatable bonds is 19. The number of nitrogens with zero attached hydrogens (tertiary/aromatic N) is 2. The molecule has 72 heavy (non-hydrogen) atoms. The van der Waals surface area contributed by atoms with Crippen molar-refractivity contribution in [2.45, 2.75) is 87.5 Å². The molecule has 0 bridgehead atoms. The van der Waals surface area contributed by atoms with E-state index in [1.807, 2.05) is 74.5 Å². The summed E-state index contributed by atoms with van der Waals surface area (Å²) in [4.78, 5) is 1.78. The molecule has 0 saturated carbocycles. The third-order valence-corrected chi connectivity index (χ3v) is 15.5. The van der Waals surface area contributed by atoms with Crippen LogP contribution >= 0.6 is 0 Å². The molecule has 380 valence electrons. The van der Waals surface area contributed by atoms with Gasteiger partial charge in [0.15, 0.2) is 12.0 Å². The summed E-state index contributed by atoms with van der Waals surface area (Å²) in [5, 5.41) is 88.7. The minimum atomic E-state index is -4.60. The van der Waals surface area contributed by atoms with Crippen molar-refractivity contribution in [1.29, 1.82) is 0 Å². The molecule has 7 rings (SSSR count). The molecule has 3 aromatic carbocycles. The number of benzene rings is 3. The summed E-state index contributed by atoms with van der Waals surface area (Å²) in [6.07, 6.45) is 3.23. The van der Waals surface area contributed by atoms with Crippen LogP contribution in [0.25, 0.3) is 16.8 Å². The average molecular weight is 1060 g/mol. The Bertz CT molecular complexity index is 2880. The van der Waals surface area contributed by atoms with Crippen LogP contribution in [-0.2, 0) is 40.5 Å². The molecule has 0 spiro atoms. The second-order valence-corrected chi connectivity index (χ2v) is 21.3. The molecule has 0 amide bonds. The normalized spacial score (nSPS) is 24.1. The van der Waals surface area contributed by atoms with Gasteiger partial charge in [-0.25, -0.2) is 16.8 Å². The number of hydrogen-bond donors (Lipinski definition) is 8. The molecule has 18 nitrogen and oxygen atoms in total. The Morgan fingerprint density at radius 2 is 1.46 bits per heavy atom. The average Bonchev–Trinajstić information content (AvgIpc) is 3.76. The van der Waals surface area contributed by atoms with Crippen molar-refractivity contribution in [3.05, 3.63) is 124 Å². The molecule has 5 unspecified atom stereocenters. The number of anilines is 1. The van der Waals surface area contributed by atoms with Crippen molar-refractivity contribution in [2.75, 3.05) is 62.5 Å². The summed E-state index contributed by atoms with van der Waals surface area (Å²) in [7, 11) is -9.19. The standard InChI is InChI=1S/C50H62N2O16S2.2Na/c1-3-9-32-14-18-37-42(31(32)2)49(27-53,28-54)40(51(37)22-7-24-69(61,62)63)20-16-34-11-6-12-35(47(34)67-26-39-44(57)45(58)46(59)48(60)68-39)17-21-41-50(29-55,30-56)43-36-13-5-4-10-33(36)15-19-38(43)52(41)23-8-25-70(64,65)66;;/h3-5,9-10,13-21,39,44-46,48,53-60H,6-8,11-12,22-30H2,1-2H3,(H-,61,62,63,64,65,66);;/q;2*+1/p-1/b9-3-;;. The van der Waals surface area contributed by atoms with E-state index in [9.17, 15) is 66.8 Å². The van der Waals surface area contributed by atoms with E-state index in [0.29, 0.717) is 64.3 Å². The van der Waals surface area contributed by atoms with Gasteiger partial charge >= 0.3 is 59.1 Å². The van der Waals surface area contributed by atoms with Crippen molar-refractivity contribution in [1.82, 2.24) is 0 Å². The molecule has 3 aromatic rings. The molecule has 4 aliphatic rings. The third-order valence-electron chi connectivity index (χ3n) is 13.9. The van der Waals surface area contributed by atoms with Crippen LogP contribution in [0.3, 0.4) is 0 Å². The Morgan fingerprint density at radius 3 is 2.11 bits per heavy atom. The minimum Gasteiger partial charge on any atom is -0.748 e. The quantitative estimate of drug-likeness (QED) is 0.0320. The summed E-state index contributed by atoms with van der Waals surface area (Å²) in [6, 6.07) is 14.8. The molecular weight excluding hydrogens is 995 g/mol. The Balaban J connectivity index is 0.00000481.